The number of hydrogen-bond donors (Lipinski definition) is 1. The Kier molecular flexibility index (Phi) is 5.28. The normalized spacial score (nSPS) is 14.1. The van der Waals surface area contributed by atoms with Gasteiger partial charge in [-0.1, -0.05) is 84.8 Å². The minimum atomic E-state index is -1.34. The van der Waals surface area contributed by atoms with E-state index < -0.39 is 5.60 Å². The van der Waals surface area contributed by atoms with Crippen molar-refractivity contribution in [1.29, 1.82) is 0 Å². The van der Waals surface area contributed by atoms with Crippen LogP contribution in [0, 0.1) is 17.8 Å². The van der Waals surface area contributed by atoms with E-state index in [0.717, 1.165) is 24.0 Å². The van der Waals surface area contributed by atoms with Gasteiger partial charge in [-0.3, -0.25) is 0 Å². The summed E-state index contributed by atoms with van der Waals surface area (Å²) in [6, 6.07) is 28.8. The molecule has 0 spiro atoms. The molecule has 1 saturated carbocycles. The Hall–Kier alpha value is -3.28. The summed E-state index contributed by atoms with van der Waals surface area (Å²) >= 11 is 0. The molecular formula is C26H22O2. The lowest BCUT2D eigenvalue weighted by molar-refractivity contribution is 0.131. The Morgan fingerprint density at radius 3 is 1.82 bits per heavy atom. The molecule has 138 valence electrons. The van der Waals surface area contributed by atoms with Crippen LogP contribution in [-0.2, 0) is 5.60 Å². The van der Waals surface area contributed by atoms with Gasteiger partial charge in [-0.25, -0.2) is 0 Å². The second-order valence-corrected chi connectivity index (χ2v) is 6.97. The topological polar surface area (TPSA) is 29.5 Å². The van der Waals surface area contributed by atoms with Gasteiger partial charge in [-0.05, 0) is 42.0 Å². The molecule has 3 aromatic rings. The third-order valence-electron chi connectivity index (χ3n) is 4.72. The van der Waals surface area contributed by atoms with Crippen molar-refractivity contribution >= 4 is 0 Å². The number of aliphatic hydroxyl groups is 1. The van der Waals surface area contributed by atoms with Crippen LogP contribution < -0.4 is 4.74 Å². The first-order valence-electron chi connectivity index (χ1n) is 9.55. The number of hydrogen-bond acceptors (Lipinski definition) is 2. The number of rotatable bonds is 5. The summed E-state index contributed by atoms with van der Waals surface area (Å²) in [5, 5.41) is 11.8. The molecular weight excluding hydrogens is 344 g/mol. The highest BCUT2D eigenvalue weighted by atomic mass is 16.5. The van der Waals surface area contributed by atoms with E-state index in [1.54, 1.807) is 6.08 Å². The summed E-state index contributed by atoms with van der Waals surface area (Å²) in [6.07, 6.45) is 3.99. The minimum Gasteiger partial charge on any atom is -0.449 e. The van der Waals surface area contributed by atoms with E-state index in [1.807, 2.05) is 91.0 Å². The molecule has 3 aromatic carbocycles. The number of benzene rings is 3. The third kappa shape index (κ3) is 4.34. The van der Waals surface area contributed by atoms with Crippen LogP contribution >= 0.6 is 0 Å². The lowest BCUT2D eigenvalue weighted by Gasteiger charge is -2.26. The second kappa shape index (κ2) is 8.17. The fourth-order valence-electron chi connectivity index (χ4n) is 3.01. The molecule has 0 saturated heterocycles. The first kappa shape index (κ1) is 18.1. The Bertz CT molecular complexity index is 952. The third-order valence-corrected chi connectivity index (χ3v) is 4.72. The molecule has 0 unspecified atom stereocenters. The predicted octanol–water partition coefficient (Wildman–Crippen LogP) is 5.30. The summed E-state index contributed by atoms with van der Waals surface area (Å²) in [4.78, 5) is 0. The molecule has 0 aliphatic heterocycles. The SMILES string of the molecule is OC(/C=C(/C#CC1CC1)Oc1ccccc1)(c1ccccc1)c1ccccc1. The van der Waals surface area contributed by atoms with Gasteiger partial charge in [0.05, 0.1) is 0 Å². The quantitative estimate of drug-likeness (QED) is 0.490. The highest BCUT2D eigenvalue weighted by molar-refractivity contribution is 5.44. The largest absolute Gasteiger partial charge is 0.449 e. The number of para-hydroxylation sites is 1. The Balaban J connectivity index is 1.80. The molecule has 1 fully saturated rings. The van der Waals surface area contributed by atoms with E-state index in [2.05, 4.69) is 11.8 Å². The maximum Gasteiger partial charge on any atom is 0.176 e. The average Bonchev–Trinajstić information content (AvgIpc) is 3.58. The fraction of sp³-hybridized carbons (Fsp3) is 0.154. The smallest absolute Gasteiger partial charge is 0.176 e. The van der Waals surface area contributed by atoms with Crippen molar-refractivity contribution in [2.75, 3.05) is 0 Å². The molecule has 0 amide bonds. The molecule has 2 nitrogen and oxygen atoms in total. The van der Waals surface area contributed by atoms with Crippen molar-refractivity contribution < 1.29 is 9.84 Å². The van der Waals surface area contributed by atoms with E-state index >= 15 is 0 Å². The zero-order chi connectivity index (χ0) is 19.2. The molecule has 28 heavy (non-hydrogen) atoms. The van der Waals surface area contributed by atoms with Gasteiger partial charge in [0, 0.05) is 12.0 Å². The molecule has 0 bridgehead atoms. The monoisotopic (exact) mass is 366 g/mol. The van der Waals surface area contributed by atoms with Crippen LogP contribution in [0.3, 0.4) is 0 Å². The molecule has 4 rings (SSSR count). The zero-order valence-corrected chi connectivity index (χ0v) is 15.6. The van der Waals surface area contributed by atoms with Crippen LogP contribution in [0.25, 0.3) is 0 Å². The summed E-state index contributed by atoms with van der Waals surface area (Å²) in [6.45, 7) is 0. The van der Waals surface area contributed by atoms with Gasteiger partial charge in [0.15, 0.2) is 5.76 Å². The molecule has 0 radical (unpaired) electrons. The summed E-state index contributed by atoms with van der Waals surface area (Å²) < 4.78 is 6.06. The van der Waals surface area contributed by atoms with E-state index in [-0.39, 0.29) is 0 Å². The Morgan fingerprint density at radius 1 is 0.821 bits per heavy atom. The average molecular weight is 366 g/mol. The van der Waals surface area contributed by atoms with Crippen molar-refractivity contribution in [3.05, 3.63) is 114 Å². The van der Waals surface area contributed by atoms with Crippen molar-refractivity contribution in [2.24, 2.45) is 5.92 Å². The summed E-state index contributed by atoms with van der Waals surface area (Å²) in [5.41, 5.74) is 0.192. The molecule has 1 aliphatic rings. The van der Waals surface area contributed by atoms with Gasteiger partial charge >= 0.3 is 0 Å². The van der Waals surface area contributed by atoms with Crippen LogP contribution in [0.2, 0.25) is 0 Å². The van der Waals surface area contributed by atoms with Gasteiger partial charge in [0.1, 0.15) is 11.4 Å². The zero-order valence-electron chi connectivity index (χ0n) is 15.6. The molecule has 1 N–H and O–H groups in total. The standard InChI is InChI=1S/C26H22O2/c27-26(22-10-4-1-5-11-22,23-12-6-2-7-13-23)20-25(19-18-21-16-17-21)28-24-14-8-3-9-15-24/h1-15,20-21,27H,16-17H2/b25-20-. The van der Waals surface area contributed by atoms with Crippen molar-refractivity contribution in [3.63, 3.8) is 0 Å². The van der Waals surface area contributed by atoms with Gasteiger partial charge in [0.2, 0.25) is 0 Å². The summed E-state index contributed by atoms with van der Waals surface area (Å²) in [5.74, 6) is 7.99. The van der Waals surface area contributed by atoms with Gasteiger partial charge in [0.25, 0.3) is 0 Å². The Morgan fingerprint density at radius 2 is 1.32 bits per heavy atom. The second-order valence-electron chi connectivity index (χ2n) is 6.97. The van der Waals surface area contributed by atoms with E-state index in [4.69, 9.17) is 4.74 Å². The molecule has 0 atom stereocenters. The number of allylic oxidation sites excluding steroid dienone is 1. The van der Waals surface area contributed by atoms with Crippen LogP contribution in [0.5, 0.6) is 5.75 Å². The van der Waals surface area contributed by atoms with Crippen molar-refractivity contribution in [3.8, 4) is 17.6 Å². The lowest BCUT2D eigenvalue weighted by atomic mass is 9.85. The first-order chi connectivity index (χ1) is 13.7. The number of ether oxygens (including phenoxy) is 1. The molecule has 0 heterocycles. The van der Waals surface area contributed by atoms with Gasteiger partial charge < -0.3 is 9.84 Å². The van der Waals surface area contributed by atoms with Gasteiger partial charge in [-0.15, -0.1) is 0 Å². The van der Waals surface area contributed by atoms with Crippen LogP contribution in [0.4, 0.5) is 0 Å². The van der Waals surface area contributed by atoms with Crippen molar-refractivity contribution in [1.82, 2.24) is 0 Å². The highest BCUT2D eigenvalue weighted by Gasteiger charge is 2.30. The summed E-state index contributed by atoms with van der Waals surface area (Å²) in [7, 11) is 0. The van der Waals surface area contributed by atoms with E-state index in [1.165, 1.54) is 0 Å². The van der Waals surface area contributed by atoms with E-state index in [0.29, 0.717) is 17.4 Å². The predicted molar refractivity (Wildman–Crippen MR) is 112 cm³/mol. The minimum absolute atomic E-state index is 0.435. The Labute approximate surface area is 166 Å². The molecule has 2 heteroatoms. The highest BCUT2D eigenvalue weighted by Crippen LogP contribution is 2.33. The van der Waals surface area contributed by atoms with Crippen molar-refractivity contribution in [2.45, 2.75) is 18.4 Å². The maximum absolute atomic E-state index is 11.8. The van der Waals surface area contributed by atoms with E-state index in [9.17, 15) is 5.11 Å². The lowest BCUT2D eigenvalue weighted by Crippen LogP contribution is -2.25. The maximum atomic E-state index is 11.8. The fourth-order valence-corrected chi connectivity index (χ4v) is 3.01. The molecule has 0 aromatic heterocycles. The first-order valence-corrected chi connectivity index (χ1v) is 9.55. The van der Waals surface area contributed by atoms with Crippen LogP contribution in [-0.4, -0.2) is 5.11 Å². The van der Waals surface area contributed by atoms with Gasteiger partial charge in [-0.2, -0.15) is 0 Å². The molecule has 1 aliphatic carbocycles. The van der Waals surface area contributed by atoms with Crippen LogP contribution in [0.1, 0.15) is 24.0 Å². The van der Waals surface area contributed by atoms with Crippen LogP contribution in [0.15, 0.2) is 103 Å².